The highest BCUT2D eigenvalue weighted by Crippen LogP contribution is 2.05. The first-order valence-electron chi connectivity index (χ1n) is 5.48. The predicted molar refractivity (Wildman–Crippen MR) is 62.8 cm³/mol. The molecule has 0 N–H and O–H groups in total. The zero-order valence-corrected chi connectivity index (χ0v) is 11.4. The van der Waals surface area contributed by atoms with Crippen molar-refractivity contribution in [2.45, 2.75) is 51.6 Å². The van der Waals surface area contributed by atoms with Crippen molar-refractivity contribution in [3.8, 4) is 0 Å². The highest BCUT2D eigenvalue weighted by Gasteiger charge is 1.99. The molecule has 0 unspecified atom stereocenters. The molecule has 0 heterocycles. The molecular formula is C11H25AlO. The van der Waals surface area contributed by atoms with E-state index in [9.17, 15) is 4.79 Å². The smallest absolute Gasteiger partial charge is 0.237 e. The molecule has 78 valence electrons. The largest absolute Gasteiger partial charge is 0.303 e. The molecule has 0 spiro atoms. The zero-order valence-electron chi connectivity index (χ0n) is 9.97. The maximum atomic E-state index is 9.17. The van der Waals surface area contributed by atoms with Crippen molar-refractivity contribution in [1.29, 1.82) is 0 Å². The second-order valence-corrected chi connectivity index (χ2v) is 6.16. The van der Waals surface area contributed by atoms with E-state index in [0.29, 0.717) is 21.6 Å². The van der Waals surface area contributed by atoms with Gasteiger partial charge in [0, 0.05) is 6.42 Å². The summed E-state index contributed by atoms with van der Waals surface area (Å²) in [6.07, 6.45) is 1.51. The first-order chi connectivity index (χ1) is 6.04. The molecular weight excluding hydrogens is 175 g/mol. The van der Waals surface area contributed by atoms with E-state index in [4.69, 9.17) is 0 Å². The van der Waals surface area contributed by atoms with Crippen molar-refractivity contribution in [1.82, 2.24) is 0 Å². The zero-order chi connectivity index (χ0) is 10.7. The van der Waals surface area contributed by atoms with Crippen molar-refractivity contribution < 1.29 is 4.79 Å². The van der Waals surface area contributed by atoms with E-state index in [0.717, 1.165) is 18.1 Å². The van der Waals surface area contributed by atoms with Crippen LogP contribution in [0.3, 0.4) is 0 Å². The van der Waals surface area contributed by atoms with Gasteiger partial charge in [-0.15, -0.1) is 0 Å². The van der Waals surface area contributed by atoms with Crippen LogP contribution in [0.2, 0.25) is 10.6 Å². The Bertz CT molecular complexity index is 92.3. The fraction of sp³-hybridized carbons (Fsp3) is 0.909. The molecule has 0 radical (unpaired) electrons. The standard InChI is InChI=1S/2C4H9.C3H6O.Al.H/c2*1-4(2)3;1-2-3-4;;/h2*4H,1H2,2-3H3;3H,2H2,1H3;;. The van der Waals surface area contributed by atoms with Gasteiger partial charge in [-0.3, -0.25) is 0 Å². The number of aldehydes is 1. The van der Waals surface area contributed by atoms with E-state index in [1.165, 1.54) is 10.6 Å². The van der Waals surface area contributed by atoms with Crippen LogP contribution in [0.15, 0.2) is 0 Å². The number of hydrogen-bond acceptors (Lipinski definition) is 1. The average molecular weight is 200 g/mol. The molecule has 0 aromatic heterocycles. The SMILES string of the molecule is CC(C)[CH2][AlH][CH2]C(C)C.CCC=O. The van der Waals surface area contributed by atoms with Crippen LogP contribution in [-0.2, 0) is 4.79 Å². The van der Waals surface area contributed by atoms with Gasteiger partial charge < -0.3 is 4.79 Å². The maximum absolute atomic E-state index is 9.17. The lowest BCUT2D eigenvalue weighted by atomic mass is 10.3. The molecule has 0 atom stereocenters. The molecule has 0 rings (SSSR count). The van der Waals surface area contributed by atoms with Crippen molar-refractivity contribution in [3.63, 3.8) is 0 Å². The summed E-state index contributed by atoms with van der Waals surface area (Å²) in [5.74, 6) is 1.91. The van der Waals surface area contributed by atoms with Crippen LogP contribution in [0.5, 0.6) is 0 Å². The molecule has 0 saturated carbocycles. The van der Waals surface area contributed by atoms with Gasteiger partial charge in [0.05, 0.1) is 0 Å². The minimum Gasteiger partial charge on any atom is -0.303 e. The highest BCUT2D eigenvalue weighted by molar-refractivity contribution is 6.35. The summed E-state index contributed by atoms with van der Waals surface area (Å²) in [6.45, 7) is 11.1. The van der Waals surface area contributed by atoms with Crippen LogP contribution < -0.4 is 0 Å². The van der Waals surface area contributed by atoms with Crippen LogP contribution >= 0.6 is 0 Å². The summed E-state index contributed by atoms with van der Waals surface area (Å²) in [6, 6.07) is 0. The van der Waals surface area contributed by atoms with Crippen molar-refractivity contribution in [2.24, 2.45) is 11.8 Å². The van der Waals surface area contributed by atoms with E-state index < -0.39 is 0 Å². The van der Waals surface area contributed by atoms with Crippen molar-refractivity contribution in [2.75, 3.05) is 0 Å². The Morgan fingerprint density at radius 1 is 1.08 bits per heavy atom. The van der Waals surface area contributed by atoms with Gasteiger partial charge in [0.15, 0.2) is 0 Å². The quantitative estimate of drug-likeness (QED) is 0.492. The van der Waals surface area contributed by atoms with Gasteiger partial charge in [-0.05, 0) is 0 Å². The molecule has 0 aromatic rings. The van der Waals surface area contributed by atoms with Gasteiger partial charge in [0.25, 0.3) is 0 Å². The van der Waals surface area contributed by atoms with Gasteiger partial charge >= 0.3 is 0 Å². The molecule has 13 heavy (non-hydrogen) atoms. The van der Waals surface area contributed by atoms with Crippen molar-refractivity contribution in [3.05, 3.63) is 0 Å². The highest BCUT2D eigenvalue weighted by atomic mass is 27.1. The maximum Gasteiger partial charge on any atom is 0.237 e. The Balaban J connectivity index is 0. The molecule has 0 aromatic carbocycles. The summed E-state index contributed by atoms with van der Waals surface area (Å²) < 4.78 is 0. The molecule has 0 amide bonds. The fourth-order valence-corrected chi connectivity index (χ4v) is 2.80. The molecule has 0 saturated heterocycles. The third-order valence-electron chi connectivity index (χ3n) is 1.73. The molecule has 2 heteroatoms. The molecule has 0 aliphatic rings. The molecule has 0 bridgehead atoms. The Kier molecular flexibility index (Phi) is 14.7. The molecule has 0 aliphatic carbocycles. The average Bonchev–Trinajstić information content (AvgIpc) is 2.03. The monoisotopic (exact) mass is 200 g/mol. The number of carbonyl (C=O) groups is 1. The lowest BCUT2D eigenvalue weighted by molar-refractivity contribution is -0.107. The number of rotatable bonds is 5. The lowest BCUT2D eigenvalue weighted by Crippen LogP contribution is -1.99. The second-order valence-electron chi connectivity index (χ2n) is 4.29. The summed E-state index contributed by atoms with van der Waals surface area (Å²) in [5, 5.41) is 3.08. The van der Waals surface area contributed by atoms with E-state index in [1.54, 1.807) is 0 Å². The Morgan fingerprint density at radius 2 is 1.38 bits per heavy atom. The summed E-state index contributed by atoms with van der Waals surface area (Å²) in [5.41, 5.74) is 0. The minimum atomic E-state index is 0.316. The Hall–Kier alpha value is 0.202. The second kappa shape index (κ2) is 12.2. The normalized spacial score (nSPS) is 9.46. The van der Waals surface area contributed by atoms with E-state index in [2.05, 4.69) is 27.7 Å². The van der Waals surface area contributed by atoms with Gasteiger partial charge in [-0.25, -0.2) is 0 Å². The van der Waals surface area contributed by atoms with Crippen LogP contribution in [0, 0.1) is 11.8 Å². The van der Waals surface area contributed by atoms with Gasteiger partial charge in [-0.2, -0.15) is 0 Å². The molecule has 1 nitrogen and oxygen atoms in total. The third-order valence-corrected chi connectivity index (χ3v) is 4.86. The summed E-state index contributed by atoms with van der Waals surface area (Å²) in [7, 11) is 0. The first-order valence-corrected chi connectivity index (χ1v) is 7.48. The van der Waals surface area contributed by atoms with Gasteiger partial charge in [-0.1, -0.05) is 57.0 Å². The van der Waals surface area contributed by atoms with E-state index >= 15 is 0 Å². The Morgan fingerprint density at radius 3 is 1.54 bits per heavy atom. The van der Waals surface area contributed by atoms with E-state index in [1.807, 2.05) is 6.92 Å². The summed E-state index contributed by atoms with van der Waals surface area (Å²) >= 11 is 0.316. The van der Waals surface area contributed by atoms with Crippen LogP contribution in [0.1, 0.15) is 41.0 Å². The third kappa shape index (κ3) is 24.5. The van der Waals surface area contributed by atoms with Crippen LogP contribution in [0.4, 0.5) is 0 Å². The minimum absolute atomic E-state index is 0.316. The van der Waals surface area contributed by atoms with Gasteiger partial charge in [0.1, 0.15) is 6.29 Å². The molecule has 0 fully saturated rings. The van der Waals surface area contributed by atoms with Crippen LogP contribution in [0.25, 0.3) is 0 Å². The van der Waals surface area contributed by atoms with Crippen LogP contribution in [-0.4, -0.2) is 21.5 Å². The lowest BCUT2D eigenvalue weighted by Gasteiger charge is -2.03. The number of hydrogen-bond donors (Lipinski definition) is 0. The van der Waals surface area contributed by atoms with E-state index in [-0.39, 0.29) is 0 Å². The van der Waals surface area contributed by atoms with Crippen molar-refractivity contribution >= 4 is 21.5 Å². The first kappa shape index (κ1) is 15.7. The predicted octanol–water partition coefficient (Wildman–Crippen LogP) is 3.17. The molecule has 0 aliphatic heterocycles. The number of carbonyl (C=O) groups excluding carboxylic acids is 1. The summed E-state index contributed by atoms with van der Waals surface area (Å²) in [4.78, 5) is 9.17. The topological polar surface area (TPSA) is 17.1 Å². The Labute approximate surface area is 90.0 Å². The van der Waals surface area contributed by atoms with Gasteiger partial charge in [0.2, 0.25) is 15.2 Å². The fourth-order valence-electron chi connectivity index (χ4n) is 0.934.